The predicted molar refractivity (Wildman–Crippen MR) is 56.7 cm³/mol. The standard InChI is InChI=1S/C9H10N6O/c1-15-8-6(11-4-5-12-8)2-3-7(9(15)16)13-14-10/h4-5,7H,2-3H2,1H3. The molecule has 16 heavy (non-hydrogen) atoms. The van der Waals surface area contributed by atoms with Crippen LogP contribution in [-0.2, 0) is 11.2 Å². The third-order valence-electron chi connectivity index (χ3n) is 2.53. The Kier molecular flexibility index (Phi) is 2.70. The molecular weight excluding hydrogens is 208 g/mol. The van der Waals surface area contributed by atoms with Crippen molar-refractivity contribution >= 4 is 11.7 Å². The maximum atomic E-state index is 11.9. The highest BCUT2D eigenvalue weighted by Crippen LogP contribution is 2.22. The Labute approximate surface area is 91.7 Å². The van der Waals surface area contributed by atoms with Gasteiger partial charge in [0.2, 0.25) is 5.91 Å². The summed E-state index contributed by atoms with van der Waals surface area (Å²) in [6.07, 6.45) is 4.18. The molecule has 1 aromatic rings. The molecule has 0 radical (unpaired) electrons. The lowest BCUT2D eigenvalue weighted by Crippen LogP contribution is -2.34. The molecule has 0 fully saturated rings. The van der Waals surface area contributed by atoms with E-state index in [0.29, 0.717) is 18.7 Å². The molecular formula is C9H10N6O. The minimum absolute atomic E-state index is 0.239. The Morgan fingerprint density at radius 1 is 1.56 bits per heavy atom. The average Bonchev–Trinajstić information content (AvgIpc) is 2.43. The van der Waals surface area contributed by atoms with Gasteiger partial charge in [-0.1, -0.05) is 5.11 Å². The first kappa shape index (κ1) is 10.4. The molecule has 1 aromatic heterocycles. The Bertz CT molecular complexity index is 467. The van der Waals surface area contributed by atoms with E-state index in [4.69, 9.17) is 5.53 Å². The van der Waals surface area contributed by atoms with Crippen LogP contribution in [0.1, 0.15) is 12.1 Å². The third-order valence-corrected chi connectivity index (χ3v) is 2.53. The monoisotopic (exact) mass is 218 g/mol. The van der Waals surface area contributed by atoms with Gasteiger partial charge in [-0.2, -0.15) is 0 Å². The molecule has 1 atom stereocenters. The van der Waals surface area contributed by atoms with Crippen LogP contribution < -0.4 is 4.90 Å². The molecule has 1 unspecified atom stereocenters. The maximum absolute atomic E-state index is 11.9. The van der Waals surface area contributed by atoms with E-state index < -0.39 is 6.04 Å². The van der Waals surface area contributed by atoms with Crippen molar-refractivity contribution in [2.45, 2.75) is 18.9 Å². The number of hydrogen-bond donors (Lipinski definition) is 0. The first-order chi connectivity index (χ1) is 7.74. The zero-order valence-electron chi connectivity index (χ0n) is 8.74. The van der Waals surface area contributed by atoms with Crippen LogP contribution in [0.3, 0.4) is 0 Å². The fourth-order valence-corrected chi connectivity index (χ4v) is 1.71. The fraction of sp³-hybridized carbons (Fsp3) is 0.444. The van der Waals surface area contributed by atoms with Crippen LogP contribution >= 0.6 is 0 Å². The van der Waals surface area contributed by atoms with Gasteiger partial charge in [0.25, 0.3) is 0 Å². The molecule has 2 heterocycles. The second-order valence-electron chi connectivity index (χ2n) is 3.48. The number of carbonyl (C=O) groups is 1. The number of fused-ring (bicyclic) bond motifs is 1. The van der Waals surface area contributed by atoms with Crippen LogP contribution in [0.15, 0.2) is 17.5 Å². The summed E-state index contributed by atoms with van der Waals surface area (Å²) in [4.78, 5) is 24.3. The van der Waals surface area contributed by atoms with Gasteiger partial charge in [0.15, 0.2) is 5.82 Å². The fourth-order valence-electron chi connectivity index (χ4n) is 1.71. The Hall–Kier alpha value is -2.14. The number of aromatic nitrogens is 2. The molecule has 0 spiro atoms. The van der Waals surface area contributed by atoms with Crippen molar-refractivity contribution in [1.82, 2.24) is 9.97 Å². The van der Waals surface area contributed by atoms with Gasteiger partial charge < -0.3 is 0 Å². The molecule has 7 heteroatoms. The number of nitrogens with zero attached hydrogens (tertiary/aromatic N) is 6. The van der Waals surface area contributed by atoms with Crippen LogP contribution in [0.4, 0.5) is 5.82 Å². The molecule has 0 aromatic carbocycles. The van der Waals surface area contributed by atoms with Gasteiger partial charge in [0.05, 0.1) is 5.69 Å². The van der Waals surface area contributed by atoms with Crippen LogP contribution in [0.2, 0.25) is 0 Å². The Morgan fingerprint density at radius 3 is 3.06 bits per heavy atom. The van der Waals surface area contributed by atoms with E-state index in [1.54, 1.807) is 13.2 Å². The number of likely N-dealkylation sites (N-methyl/N-ethyl adjacent to an activating group) is 1. The normalized spacial score (nSPS) is 19.7. The van der Waals surface area contributed by atoms with E-state index in [-0.39, 0.29) is 5.91 Å². The van der Waals surface area contributed by atoms with Gasteiger partial charge >= 0.3 is 0 Å². The van der Waals surface area contributed by atoms with Crippen molar-refractivity contribution in [2.75, 3.05) is 11.9 Å². The second kappa shape index (κ2) is 4.16. The van der Waals surface area contributed by atoms with Gasteiger partial charge in [-0.15, -0.1) is 0 Å². The van der Waals surface area contributed by atoms with Gasteiger partial charge in [-0.25, -0.2) is 4.98 Å². The number of carbonyl (C=O) groups excluding carboxylic acids is 1. The molecule has 2 rings (SSSR count). The van der Waals surface area contributed by atoms with Crippen LogP contribution in [-0.4, -0.2) is 29.0 Å². The highest BCUT2D eigenvalue weighted by atomic mass is 16.2. The lowest BCUT2D eigenvalue weighted by molar-refractivity contribution is -0.119. The molecule has 0 aliphatic carbocycles. The lowest BCUT2D eigenvalue weighted by atomic mass is 10.1. The zero-order chi connectivity index (χ0) is 11.5. The summed E-state index contributed by atoms with van der Waals surface area (Å²) >= 11 is 0. The summed E-state index contributed by atoms with van der Waals surface area (Å²) in [5.41, 5.74) is 9.15. The summed E-state index contributed by atoms with van der Waals surface area (Å²) in [5, 5.41) is 3.49. The van der Waals surface area contributed by atoms with Gasteiger partial charge in [0.1, 0.15) is 6.04 Å². The average molecular weight is 218 g/mol. The summed E-state index contributed by atoms with van der Waals surface area (Å²) in [5.74, 6) is 0.306. The summed E-state index contributed by atoms with van der Waals surface area (Å²) in [6.45, 7) is 0. The Balaban J connectivity index is 2.41. The van der Waals surface area contributed by atoms with E-state index in [0.717, 1.165) is 5.69 Å². The SMILES string of the molecule is CN1C(=O)C(N=[N+]=[N-])CCc2nccnc21. The topological polar surface area (TPSA) is 94.9 Å². The summed E-state index contributed by atoms with van der Waals surface area (Å²) < 4.78 is 0. The molecule has 0 bridgehead atoms. The van der Waals surface area contributed by atoms with E-state index >= 15 is 0 Å². The number of hydrogen-bond acceptors (Lipinski definition) is 4. The molecule has 0 N–H and O–H groups in total. The minimum atomic E-state index is -0.661. The number of aryl methyl sites for hydroxylation is 1. The first-order valence-electron chi connectivity index (χ1n) is 4.85. The molecule has 1 aliphatic rings. The second-order valence-corrected chi connectivity index (χ2v) is 3.48. The van der Waals surface area contributed by atoms with Gasteiger partial charge in [-0.05, 0) is 18.4 Å². The van der Waals surface area contributed by atoms with Crippen LogP contribution in [0.25, 0.3) is 10.4 Å². The molecule has 7 nitrogen and oxygen atoms in total. The summed E-state index contributed by atoms with van der Waals surface area (Å²) in [6, 6.07) is -0.661. The molecule has 0 saturated heterocycles. The van der Waals surface area contributed by atoms with Gasteiger partial charge in [0, 0.05) is 24.4 Å². The lowest BCUT2D eigenvalue weighted by Gasteiger charge is -2.16. The summed E-state index contributed by atoms with van der Waals surface area (Å²) in [7, 11) is 1.61. The first-order valence-corrected chi connectivity index (χ1v) is 4.85. The number of anilines is 1. The quantitative estimate of drug-likeness (QED) is 0.400. The largest absolute Gasteiger partial charge is 0.298 e. The van der Waals surface area contributed by atoms with Crippen molar-refractivity contribution < 1.29 is 4.79 Å². The van der Waals surface area contributed by atoms with Crippen molar-refractivity contribution in [3.05, 3.63) is 28.5 Å². The van der Waals surface area contributed by atoms with E-state index in [9.17, 15) is 4.79 Å². The highest BCUT2D eigenvalue weighted by Gasteiger charge is 2.28. The van der Waals surface area contributed by atoms with Crippen LogP contribution in [0, 0.1) is 0 Å². The van der Waals surface area contributed by atoms with Crippen LogP contribution in [0.5, 0.6) is 0 Å². The smallest absolute Gasteiger partial charge is 0.236 e. The number of amides is 1. The van der Waals surface area contributed by atoms with E-state index in [1.807, 2.05) is 0 Å². The maximum Gasteiger partial charge on any atom is 0.236 e. The molecule has 1 amide bonds. The van der Waals surface area contributed by atoms with Crippen molar-refractivity contribution in [2.24, 2.45) is 5.11 Å². The molecule has 82 valence electrons. The third kappa shape index (κ3) is 1.68. The number of rotatable bonds is 1. The molecule has 1 aliphatic heterocycles. The Morgan fingerprint density at radius 2 is 2.31 bits per heavy atom. The van der Waals surface area contributed by atoms with Gasteiger partial charge in [-0.3, -0.25) is 14.7 Å². The van der Waals surface area contributed by atoms with Crippen molar-refractivity contribution in [3.8, 4) is 0 Å². The zero-order valence-corrected chi connectivity index (χ0v) is 8.74. The predicted octanol–water partition coefficient (Wildman–Crippen LogP) is 1.06. The van der Waals surface area contributed by atoms with Crippen molar-refractivity contribution in [1.29, 1.82) is 0 Å². The van der Waals surface area contributed by atoms with E-state index in [2.05, 4.69) is 20.0 Å². The van der Waals surface area contributed by atoms with E-state index in [1.165, 1.54) is 11.1 Å². The number of azide groups is 1. The van der Waals surface area contributed by atoms with Crippen molar-refractivity contribution in [3.63, 3.8) is 0 Å². The highest BCUT2D eigenvalue weighted by molar-refractivity contribution is 5.97. The minimum Gasteiger partial charge on any atom is -0.298 e. The molecule has 0 saturated carbocycles.